The Morgan fingerprint density at radius 3 is 2.69 bits per heavy atom. The zero-order valence-electron chi connectivity index (χ0n) is 16.6. The first-order valence-electron chi connectivity index (χ1n) is 9.13. The number of nitro benzene ring substituents is 1. The number of methoxy groups -OCH3 is 1. The van der Waals surface area contributed by atoms with Gasteiger partial charge < -0.3 is 20.1 Å². The van der Waals surface area contributed by atoms with Gasteiger partial charge in [0.2, 0.25) is 0 Å². The number of hydrogen-bond donors (Lipinski definition) is 2. The molecule has 0 amide bonds. The Morgan fingerprint density at radius 1 is 1.17 bits per heavy atom. The van der Waals surface area contributed by atoms with E-state index in [0.717, 1.165) is 23.4 Å². The van der Waals surface area contributed by atoms with Crippen molar-refractivity contribution < 1.29 is 14.4 Å². The van der Waals surface area contributed by atoms with Crippen LogP contribution in [0.4, 0.5) is 11.4 Å². The first kappa shape index (κ1) is 24.6. The summed E-state index contributed by atoms with van der Waals surface area (Å²) in [6, 6.07) is 14.1. The van der Waals surface area contributed by atoms with Crippen LogP contribution in [0.1, 0.15) is 18.9 Å². The third-order valence-corrected chi connectivity index (χ3v) is 3.74. The number of nitro groups is 1. The predicted octanol–water partition coefficient (Wildman–Crippen LogP) is 4.21. The molecule has 0 heterocycles. The molecule has 0 aliphatic carbocycles. The maximum atomic E-state index is 10.9. The number of aliphatic imine (C=N–C) groups is 1. The molecule has 9 heteroatoms. The molecule has 0 saturated carbocycles. The number of halogens is 1. The first-order valence-corrected chi connectivity index (χ1v) is 9.13. The lowest BCUT2D eigenvalue weighted by molar-refractivity contribution is -0.384. The van der Waals surface area contributed by atoms with E-state index in [-0.39, 0.29) is 29.7 Å². The molecule has 0 aliphatic heterocycles. The molecule has 29 heavy (non-hydrogen) atoms. The molecule has 2 aromatic rings. The van der Waals surface area contributed by atoms with Crippen molar-refractivity contribution in [1.82, 2.24) is 5.32 Å². The van der Waals surface area contributed by atoms with Crippen LogP contribution in [0.3, 0.4) is 0 Å². The second-order valence-electron chi connectivity index (χ2n) is 5.97. The van der Waals surface area contributed by atoms with Gasteiger partial charge in [-0.1, -0.05) is 18.2 Å². The average molecular weight is 514 g/mol. The minimum Gasteiger partial charge on any atom is -0.493 e. The molecule has 0 saturated heterocycles. The standard InChI is InChI=1S/C20H26N4O4.HI/c1-3-21-20(22-15-16-7-4-9-18(13-16)24(25)26)23-17-8-5-10-19(14-17)28-12-6-11-27-2;/h4-5,7-10,13-14H,3,6,11-12,15H2,1-2H3,(H2,21,22,23);1H. The van der Waals surface area contributed by atoms with Crippen LogP contribution in [0.5, 0.6) is 5.75 Å². The van der Waals surface area contributed by atoms with E-state index in [1.807, 2.05) is 37.3 Å². The fraction of sp³-hybridized carbons (Fsp3) is 0.350. The van der Waals surface area contributed by atoms with Crippen LogP contribution in [-0.2, 0) is 11.3 Å². The molecule has 0 fully saturated rings. The summed E-state index contributed by atoms with van der Waals surface area (Å²) in [6.07, 6.45) is 0.821. The molecule has 0 spiro atoms. The Balaban J connectivity index is 0.00000420. The third kappa shape index (κ3) is 9.09. The first-order chi connectivity index (χ1) is 13.6. The van der Waals surface area contributed by atoms with E-state index in [1.165, 1.54) is 12.1 Å². The van der Waals surface area contributed by atoms with Crippen molar-refractivity contribution in [2.24, 2.45) is 4.99 Å². The normalized spacial score (nSPS) is 10.8. The summed E-state index contributed by atoms with van der Waals surface area (Å²) < 4.78 is 10.7. The summed E-state index contributed by atoms with van der Waals surface area (Å²) >= 11 is 0. The molecule has 8 nitrogen and oxygen atoms in total. The third-order valence-electron chi connectivity index (χ3n) is 3.74. The SMILES string of the molecule is CCNC(=NCc1cccc([N+](=O)[O-])c1)Nc1cccc(OCCCOC)c1.I. The number of non-ortho nitro benzene ring substituents is 1. The maximum Gasteiger partial charge on any atom is 0.269 e. The Hall–Kier alpha value is -2.40. The van der Waals surface area contributed by atoms with Crippen LogP contribution in [0, 0.1) is 10.1 Å². The molecule has 0 unspecified atom stereocenters. The lowest BCUT2D eigenvalue weighted by Gasteiger charge is -2.13. The summed E-state index contributed by atoms with van der Waals surface area (Å²) in [5.41, 5.74) is 1.66. The van der Waals surface area contributed by atoms with Crippen LogP contribution in [-0.4, -0.2) is 37.8 Å². The molecule has 158 valence electrons. The van der Waals surface area contributed by atoms with E-state index in [0.29, 0.717) is 32.3 Å². The number of benzene rings is 2. The zero-order chi connectivity index (χ0) is 20.2. The highest BCUT2D eigenvalue weighted by Gasteiger charge is 2.06. The van der Waals surface area contributed by atoms with E-state index >= 15 is 0 Å². The predicted molar refractivity (Wildman–Crippen MR) is 125 cm³/mol. The van der Waals surface area contributed by atoms with E-state index in [2.05, 4.69) is 15.6 Å². The van der Waals surface area contributed by atoms with Crippen molar-refractivity contribution in [3.05, 3.63) is 64.2 Å². The van der Waals surface area contributed by atoms with Gasteiger partial charge in [0, 0.05) is 50.6 Å². The number of nitrogens with zero attached hydrogens (tertiary/aromatic N) is 2. The smallest absolute Gasteiger partial charge is 0.269 e. The summed E-state index contributed by atoms with van der Waals surface area (Å²) in [4.78, 5) is 15.0. The van der Waals surface area contributed by atoms with Gasteiger partial charge in [-0.05, 0) is 24.6 Å². The molecular formula is C20H27IN4O4. The fourth-order valence-corrected chi connectivity index (χ4v) is 2.44. The molecule has 2 rings (SSSR count). The topological polar surface area (TPSA) is 98.0 Å². The van der Waals surface area contributed by atoms with Gasteiger partial charge in [0.05, 0.1) is 18.1 Å². The second kappa shape index (κ2) is 13.7. The van der Waals surface area contributed by atoms with Crippen molar-refractivity contribution in [3.8, 4) is 5.75 Å². The Labute approximate surface area is 187 Å². The van der Waals surface area contributed by atoms with E-state index < -0.39 is 4.92 Å². The van der Waals surface area contributed by atoms with Crippen molar-refractivity contribution in [2.45, 2.75) is 19.9 Å². The van der Waals surface area contributed by atoms with E-state index in [1.54, 1.807) is 13.2 Å². The number of nitrogens with one attached hydrogen (secondary N) is 2. The van der Waals surface area contributed by atoms with Gasteiger partial charge in [0.1, 0.15) is 5.75 Å². The lowest BCUT2D eigenvalue weighted by atomic mass is 10.2. The molecule has 0 aliphatic rings. The van der Waals surface area contributed by atoms with Crippen molar-refractivity contribution in [1.29, 1.82) is 0 Å². The molecule has 0 radical (unpaired) electrons. The average Bonchev–Trinajstić information content (AvgIpc) is 2.70. The van der Waals surface area contributed by atoms with Crippen LogP contribution in [0.25, 0.3) is 0 Å². The second-order valence-corrected chi connectivity index (χ2v) is 5.97. The van der Waals surface area contributed by atoms with Gasteiger partial charge in [0.25, 0.3) is 5.69 Å². The fourth-order valence-electron chi connectivity index (χ4n) is 2.44. The van der Waals surface area contributed by atoms with Crippen molar-refractivity contribution in [2.75, 3.05) is 32.2 Å². The van der Waals surface area contributed by atoms with Crippen molar-refractivity contribution >= 4 is 41.3 Å². The van der Waals surface area contributed by atoms with Gasteiger partial charge in [0.15, 0.2) is 5.96 Å². The number of ether oxygens (including phenoxy) is 2. The summed E-state index contributed by atoms with van der Waals surface area (Å²) in [5, 5.41) is 17.3. The lowest BCUT2D eigenvalue weighted by Crippen LogP contribution is -2.30. The number of rotatable bonds is 10. The monoisotopic (exact) mass is 514 g/mol. The van der Waals surface area contributed by atoms with Crippen LogP contribution >= 0.6 is 24.0 Å². The highest BCUT2D eigenvalue weighted by molar-refractivity contribution is 14.0. The van der Waals surface area contributed by atoms with Gasteiger partial charge >= 0.3 is 0 Å². The van der Waals surface area contributed by atoms with Crippen LogP contribution in [0.2, 0.25) is 0 Å². The molecule has 2 N–H and O–H groups in total. The Kier molecular flexibility index (Phi) is 11.7. The van der Waals surface area contributed by atoms with Gasteiger partial charge in [-0.15, -0.1) is 24.0 Å². The van der Waals surface area contributed by atoms with Gasteiger partial charge in [-0.3, -0.25) is 10.1 Å². The zero-order valence-corrected chi connectivity index (χ0v) is 18.9. The van der Waals surface area contributed by atoms with Crippen LogP contribution < -0.4 is 15.4 Å². The maximum absolute atomic E-state index is 10.9. The highest BCUT2D eigenvalue weighted by Crippen LogP contribution is 2.18. The Morgan fingerprint density at radius 2 is 1.97 bits per heavy atom. The minimum absolute atomic E-state index is 0. The largest absolute Gasteiger partial charge is 0.493 e. The van der Waals surface area contributed by atoms with Crippen LogP contribution in [0.15, 0.2) is 53.5 Å². The van der Waals surface area contributed by atoms with Gasteiger partial charge in [-0.25, -0.2) is 4.99 Å². The number of guanidine groups is 1. The Bertz CT molecular complexity index is 802. The molecule has 2 aromatic carbocycles. The minimum atomic E-state index is -0.408. The van der Waals surface area contributed by atoms with Crippen molar-refractivity contribution in [3.63, 3.8) is 0 Å². The molecule has 0 bridgehead atoms. The van der Waals surface area contributed by atoms with E-state index in [4.69, 9.17) is 9.47 Å². The number of hydrogen-bond acceptors (Lipinski definition) is 5. The highest BCUT2D eigenvalue weighted by atomic mass is 127. The summed E-state index contributed by atoms with van der Waals surface area (Å²) in [6.45, 7) is 4.23. The van der Waals surface area contributed by atoms with Gasteiger partial charge in [-0.2, -0.15) is 0 Å². The molecule has 0 atom stereocenters. The molecule has 0 aromatic heterocycles. The quantitative estimate of drug-likeness (QED) is 0.123. The molecular weight excluding hydrogens is 487 g/mol. The summed E-state index contributed by atoms with van der Waals surface area (Å²) in [5.74, 6) is 1.35. The van der Waals surface area contributed by atoms with E-state index in [9.17, 15) is 10.1 Å². The summed E-state index contributed by atoms with van der Waals surface area (Å²) in [7, 11) is 1.67. The number of anilines is 1.